The van der Waals surface area contributed by atoms with Crippen molar-refractivity contribution in [2.45, 2.75) is 38.9 Å². The second kappa shape index (κ2) is 9.91. The summed E-state index contributed by atoms with van der Waals surface area (Å²) in [6, 6.07) is 14.0. The number of pyridine rings is 1. The van der Waals surface area contributed by atoms with Gasteiger partial charge >= 0.3 is 6.03 Å². The van der Waals surface area contributed by atoms with Crippen molar-refractivity contribution < 1.29 is 4.79 Å². The van der Waals surface area contributed by atoms with Crippen LogP contribution in [0.4, 0.5) is 10.6 Å². The lowest BCUT2D eigenvalue weighted by Gasteiger charge is -2.27. The second-order valence-electron chi connectivity index (χ2n) is 7.63. The lowest BCUT2D eigenvalue weighted by molar-refractivity contribution is 0.240. The van der Waals surface area contributed by atoms with Crippen molar-refractivity contribution in [2.75, 3.05) is 18.0 Å². The van der Waals surface area contributed by atoms with E-state index in [-0.39, 0.29) is 6.03 Å². The minimum absolute atomic E-state index is 0.187. The molecule has 0 radical (unpaired) electrons. The summed E-state index contributed by atoms with van der Waals surface area (Å²) in [5.41, 5.74) is 3.20. The average Bonchev–Trinajstić information content (AvgIpc) is 3.30. The summed E-state index contributed by atoms with van der Waals surface area (Å²) in [5.74, 6) is 1.03. The van der Waals surface area contributed by atoms with Crippen molar-refractivity contribution in [3.8, 4) is 0 Å². The summed E-state index contributed by atoms with van der Waals surface area (Å²) in [6.45, 7) is 3.81. The molecule has 3 heterocycles. The Hall–Kier alpha value is -3.35. The van der Waals surface area contributed by atoms with E-state index < -0.39 is 0 Å². The highest BCUT2D eigenvalue weighted by atomic mass is 16.2. The zero-order chi connectivity index (χ0) is 20.6. The van der Waals surface area contributed by atoms with Gasteiger partial charge < -0.3 is 15.5 Å². The summed E-state index contributed by atoms with van der Waals surface area (Å²) in [6.07, 6.45) is 9.33. The van der Waals surface area contributed by atoms with Gasteiger partial charge in [-0.2, -0.15) is 5.10 Å². The lowest BCUT2D eigenvalue weighted by atomic mass is 10.1. The summed E-state index contributed by atoms with van der Waals surface area (Å²) < 4.78 is 1.88. The van der Waals surface area contributed by atoms with Gasteiger partial charge in [-0.1, -0.05) is 30.3 Å². The van der Waals surface area contributed by atoms with Crippen LogP contribution in [0.25, 0.3) is 0 Å². The highest BCUT2D eigenvalue weighted by Crippen LogP contribution is 2.17. The van der Waals surface area contributed by atoms with Gasteiger partial charge in [-0.3, -0.25) is 4.68 Å². The normalized spacial score (nSPS) is 13.8. The molecule has 156 valence electrons. The average molecular weight is 405 g/mol. The van der Waals surface area contributed by atoms with Gasteiger partial charge in [0.25, 0.3) is 0 Å². The number of nitrogens with zero attached hydrogens (tertiary/aromatic N) is 4. The fraction of sp³-hybridized carbons (Fsp3) is 0.348. The summed E-state index contributed by atoms with van der Waals surface area (Å²) in [7, 11) is 0. The molecule has 4 rings (SSSR count). The van der Waals surface area contributed by atoms with Crippen LogP contribution in [0, 0.1) is 0 Å². The first-order valence-electron chi connectivity index (χ1n) is 10.5. The van der Waals surface area contributed by atoms with Crippen LogP contribution in [0.15, 0.2) is 61.1 Å². The Kier molecular flexibility index (Phi) is 6.59. The number of hydrogen-bond donors (Lipinski definition) is 2. The molecular weight excluding hydrogens is 376 g/mol. The Bertz CT molecular complexity index is 933. The molecule has 0 atom stereocenters. The minimum atomic E-state index is -0.187. The van der Waals surface area contributed by atoms with Gasteiger partial charge in [0.1, 0.15) is 5.82 Å². The van der Waals surface area contributed by atoms with Crippen molar-refractivity contribution in [2.24, 2.45) is 0 Å². The molecule has 0 spiro atoms. The van der Waals surface area contributed by atoms with Crippen LogP contribution in [0.3, 0.4) is 0 Å². The summed E-state index contributed by atoms with van der Waals surface area (Å²) >= 11 is 0. The lowest BCUT2D eigenvalue weighted by Crippen LogP contribution is -2.34. The van der Waals surface area contributed by atoms with E-state index in [1.165, 1.54) is 19.3 Å². The zero-order valence-electron chi connectivity index (χ0n) is 17.1. The number of aromatic nitrogens is 3. The molecule has 2 aromatic heterocycles. The van der Waals surface area contributed by atoms with Crippen LogP contribution >= 0.6 is 0 Å². The molecule has 0 aliphatic carbocycles. The van der Waals surface area contributed by atoms with E-state index in [1.54, 1.807) is 6.20 Å². The van der Waals surface area contributed by atoms with Gasteiger partial charge in [0.2, 0.25) is 0 Å². The molecule has 1 aromatic carbocycles. The van der Waals surface area contributed by atoms with E-state index in [0.29, 0.717) is 19.6 Å². The molecule has 7 heteroatoms. The largest absolute Gasteiger partial charge is 0.357 e. The molecule has 1 aliphatic rings. The van der Waals surface area contributed by atoms with E-state index >= 15 is 0 Å². The first kappa shape index (κ1) is 19.9. The number of piperidine rings is 1. The van der Waals surface area contributed by atoms with Crippen LogP contribution < -0.4 is 15.5 Å². The maximum Gasteiger partial charge on any atom is 0.315 e. The summed E-state index contributed by atoms with van der Waals surface area (Å²) in [5, 5.41) is 10.0. The smallest absolute Gasteiger partial charge is 0.315 e. The Morgan fingerprint density at radius 2 is 1.73 bits per heavy atom. The number of carbonyl (C=O) groups excluding carboxylic acids is 1. The van der Waals surface area contributed by atoms with E-state index in [2.05, 4.69) is 37.7 Å². The molecule has 2 amide bonds. The molecular formula is C23H28N6O. The standard InChI is InChI=1S/C23H28N6O/c30-23(25-15-19-6-4-7-20(14-19)18-29-13-5-10-27-29)26-17-21-8-9-22(24-16-21)28-11-2-1-3-12-28/h4-10,13-14,16H,1-3,11-12,15,17-18H2,(H2,25,26,30). The molecule has 1 fully saturated rings. The Morgan fingerprint density at radius 1 is 0.933 bits per heavy atom. The van der Waals surface area contributed by atoms with Gasteiger partial charge in [-0.25, -0.2) is 9.78 Å². The fourth-order valence-electron chi connectivity index (χ4n) is 3.68. The maximum atomic E-state index is 12.2. The monoisotopic (exact) mass is 404 g/mol. The predicted octanol–water partition coefficient (Wildman–Crippen LogP) is 3.32. The van der Waals surface area contributed by atoms with E-state index in [1.807, 2.05) is 47.4 Å². The van der Waals surface area contributed by atoms with Crippen molar-refractivity contribution in [1.29, 1.82) is 0 Å². The summed E-state index contributed by atoms with van der Waals surface area (Å²) in [4.78, 5) is 19.1. The van der Waals surface area contributed by atoms with Gasteiger partial charge in [-0.05, 0) is 48.1 Å². The quantitative estimate of drug-likeness (QED) is 0.634. The predicted molar refractivity (Wildman–Crippen MR) is 117 cm³/mol. The molecule has 0 bridgehead atoms. The van der Waals surface area contributed by atoms with Crippen LogP contribution in [0.5, 0.6) is 0 Å². The van der Waals surface area contributed by atoms with Crippen LogP contribution in [-0.4, -0.2) is 33.9 Å². The molecule has 1 aliphatic heterocycles. The van der Waals surface area contributed by atoms with E-state index in [4.69, 9.17) is 0 Å². The van der Waals surface area contributed by atoms with Crippen LogP contribution in [-0.2, 0) is 19.6 Å². The fourth-order valence-corrected chi connectivity index (χ4v) is 3.68. The topological polar surface area (TPSA) is 75.1 Å². The van der Waals surface area contributed by atoms with Gasteiger partial charge in [0, 0.05) is 44.8 Å². The maximum absolute atomic E-state index is 12.2. The number of carbonyl (C=O) groups is 1. The number of anilines is 1. The second-order valence-corrected chi connectivity index (χ2v) is 7.63. The van der Waals surface area contributed by atoms with Crippen LogP contribution in [0.1, 0.15) is 36.0 Å². The number of amides is 2. The van der Waals surface area contributed by atoms with Gasteiger partial charge in [-0.15, -0.1) is 0 Å². The van der Waals surface area contributed by atoms with Gasteiger partial charge in [0.05, 0.1) is 6.54 Å². The first-order valence-corrected chi connectivity index (χ1v) is 10.5. The molecule has 0 unspecified atom stereocenters. The number of benzene rings is 1. The van der Waals surface area contributed by atoms with Gasteiger partial charge in [0.15, 0.2) is 0 Å². The third-order valence-corrected chi connectivity index (χ3v) is 5.29. The third kappa shape index (κ3) is 5.59. The molecule has 0 saturated carbocycles. The number of hydrogen-bond acceptors (Lipinski definition) is 4. The first-order chi connectivity index (χ1) is 14.8. The van der Waals surface area contributed by atoms with Crippen molar-refractivity contribution in [1.82, 2.24) is 25.4 Å². The van der Waals surface area contributed by atoms with Crippen molar-refractivity contribution >= 4 is 11.8 Å². The highest BCUT2D eigenvalue weighted by molar-refractivity contribution is 5.73. The van der Waals surface area contributed by atoms with Crippen molar-refractivity contribution in [3.05, 3.63) is 77.7 Å². The third-order valence-electron chi connectivity index (χ3n) is 5.29. The van der Waals surface area contributed by atoms with Crippen molar-refractivity contribution in [3.63, 3.8) is 0 Å². The molecule has 7 nitrogen and oxygen atoms in total. The molecule has 3 aromatic rings. The Morgan fingerprint density at radius 3 is 2.47 bits per heavy atom. The molecule has 2 N–H and O–H groups in total. The number of nitrogens with one attached hydrogen (secondary N) is 2. The molecule has 1 saturated heterocycles. The SMILES string of the molecule is O=C(NCc1ccc(N2CCCCC2)nc1)NCc1cccc(Cn2cccn2)c1. The van der Waals surface area contributed by atoms with E-state index in [0.717, 1.165) is 35.6 Å². The van der Waals surface area contributed by atoms with Crippen LogP contribution in [0.2, 0.25) is 0 Å². The Balaban J connectivity index is 1.22. The minimum Gasteiger partial charge on any atom is -0.357 e. The number of rotatable bonds is 7. The zero-order valence-corrected chi connectivity index (χ0v) is 17.1. The highest BCUT2D eigenvalue weighted by Gasteiger charge is 2.11. The number of urea groups is 1. The molecule has 30 heavy (non-hydrogen) atoms. The van der Waals surface area contributed by atoms with E-state index in [9.17, 15) is 4.79 Å². The Labute approximate surface area is 177 Å².